The number of hydrogen-bond acceptors (Lipinski definition) is 2. The van der Waals surface area contributed by atoms with E-state index in [1.807, 2.05) is 30.3 Å². The SMILES string of the molecule is CCCCCCCCCCCNC(=O)c1ccc2ccccc2c1O. The van der Waals surface area contributed by atoms with Crippen LogP contribution in [0.4, 0.5) is 0 Å². The number of rotatable bonds is 11. The number of amides is 1. The third-order valence-electron chi connectivity index (χ3n) is 4.71. The zero-order valence-corrected chi connectivity index (χ0v) is 15.4. The second kappa shape index (κ2) is 10.8. The lowest BCUT2D eigenvalue weighted by Crippen LogP contribution is -2.24. The van der Waals surface area contributed by atoms with Crippen LogP contribution in [0.3, 0.4) is 0 Å². The van der Waals surface area contributed by atoms with Crippen molar-refractivity contribution in [3.05, 3.63) is 42.0 Å². The molecule has 0 heterocycles. The summed E-state index contributed by atoms with van der Waals surface area (Å²) < 4.78 is 0. The molecule has 2 aromatic rings. The highest BCUT2D eigenvalue weighted by molar-refractivity contribution is 6.03. The molecular formula is C22H31NO2. The molecule has 3 nitrogen and oxygen atoms in total. The molecule has 0 aliphatic rings. The molecule has 0 saturated carbocycles. The van der Waals surface area contributed by atoms with Gasteiger partial charge in [0.05, 0.1) is 5.56 Å². The van der Waals surface area contributed by atoms with Crippen molar-refractivity contribution in [2.45, 2.75) is 64.7 Å². The Morgan fingerprint density at radius 2 is 1.52 bits per heavy atom. The zero-order chi connectivity index (χ0) is 17.9. The molecule has 25 heavy (non-hydrogen) atoms. The fraction of sp³-hybridized carbons (Fsp3) is 0.500. The minimum absolute atomic E-state index is 0.0719. The van der Waals surface area contributed by atoms with Crippen molar-refractivity contribution in [2.75, 3.05) is 6.54 Å². The quantitative estimate of drug-likeness (QED) is 0.507. The summed E-state index contributed by atoms with van der Waals surface area (Å²) in [7, 11) is 0. The number of nitrogens with one attached hydrogen (secondary N) is 1. The van der Waals surface area contributed by atoms with Crippen LogP contribution >= 0.6 is 0 Å². The first-order valence-corrected chi connectivity index (χ1v) is 9.73. The lowest BCUT2D eigenvalue weighted by molar-refractivity contribution is 0.0950. The molecule has 0 bridgehead atoms. The van der Waals surface area contributed by atoms with E-state index in [0.29, 0.717) is 12.1 Å². The van der Waals surface area contributed by atoms with E-state index < -0.39 is 0 Å². The summed E-state index contributed by atoms with van der Waals surface area (Å²) >= 11 is 0. The molecule has 0 aromatic heterocycles. The predicted molar refractivity (Wildman–Crippen MR) is 105 cm³/mol. The highest BCUT2D eigenvalue weighted by Gasteiger charge is 2.12. The first kappa shape index (κ1) is 19.3. The lowest BCUT2D eigenvalue weighted by Gasteiger charge is -2.09. The van der Waals surface area contributed by atoms with Crippen LogP contribution in [-0.2, 0) is 0 Å². The van der Waals surface area contributed by atoms with Gasteiger partial charge in [0.25, 0.3) is 5.91 Å². The number of phenolic OH excluding ortho intramolecular Hbond substituents is 1. The second-order valence-electron chi connectivity index (χ2n) is 6.77. The Morgan fingerprint density at radius 3 is 2.24 bits per heavy atom. The van der Waals surface area contributed by atoms with Crippen molar-refractivity contribution in [1.82, 2.24) is 5.32 Å². The minimum Gasteiger partial charge on any atom is -0.506 e. The number of phenols is 1. The Balaban J connectivity index is 1.67. The van der Waals surface area contributed by atoms with Crippen LogP contribution in [0.15, 0.2) is 36.4 Å². The average molecular weight is 341 g/mol. The van der Waals surface area contributed by atoms with Gasteiger partial charge in [0.1, 0.15) is 5.75 Å². The van der Waals surface area contributed by atoms with Crippen molar-refractivity contribution in [3.8, 4) is 5.75 Å². The first-order valence-electron chi connectivity index (χ1n) is 9.73. The summed E-state index contributed by atoms with van der Waals surface area (Å²) in [6.45, 7) is 2.91. The van der Waals surface area contributed by atoms with E-state index >= 15 is 0 Å². The van der Waals surface area contributed by atoms with Crippen molar-refractivity contribution in [2.24, 2.45) is 0 Å². The summed E-state index contributed by atoms with van der Waals surface area (Å²) in [6, 6.07) is 11.1. The number of benzene rings is 2. The molecule has 136 valence electrons. The minimum atomic E-state index is -0.192. The maximum atomic E-state index is 12.3. The van der Waals surface area contributed by atoms with Gasteiger partial charge in [0, 0.05) is 11.9 Å². The van der Waals surface area contributed by atoms with E-state index in [0.717, 1.165) is 23.6 Å². The van der Waals surface area contributed by atoms with Crippen LogP contribution in [0.5, 0.6) is 5.75 Å². The van der Waals surface area contributed by atoms with Gasteiger partial charge in [-0.3, -0.25) is 4.79 Å². The smallest absolute Gasteiger partial charge is 0.255 e. The maximum Gasteiger partial charge on any atom is 0.255 e. The van der Waals surface area contributed by atoms with Gasteiger partial charge in [-0.05, 0) is 17.9 Å². The van der Waals surface area contributed by atoms with Crippen LogP contribution in [0.2, 0.25) is 0 Å². The molecule has 0 unspecified atom stereocenters. The zero-order valence-electron chi connectivity index (χ0n) is 15.4. The largest absolute Gasteiger partial charge is 0.506 e. The molecule has 0 spiro atoms. The standard InChI is InChI=1S/C22H31NO2/c1-2-3-4-5-6-7-8-9-12-17-23-22(25)20-16-15-18-13-10-11-14-19(18)21(20)24/h10-11,13-16,24H,2-9,12,17H2,1H3,(H,23,25). The lowest BCUT2D eigenvalue weighted by atomic mass is 10.0. The fourth-order valence-corrected chi connectivity index (χ4v) is 3.17. The van der Waals surface area contributed by atoms with Gasteiger partial charge in [-0.2, -0.15) is 0 Å². The van der Waals surface area contributed by atoms with Crippen LogP contribution in [0, 0.1) is 0 Å². The average Bonchev–Trinajstić information content (AvgIpc) is 2.63. The molecule has 0 atom stereocenters. The molecule has 0 aliphatic carbocycles. The van der Waals surface area contributed by atoms with E-state index in [1.54, 1.807) is 6.07 Å². The van der Waals surface area contributed by atoms with E-state index in [-0.39, 0.29) is 11.7 Å². The Hall–Kier alpha value is -2.03. The second-order valence-corrected chi connectivity index (χ2v) is 6.77. The van der Waals surface area contributed by atoms with Gasteiger partial charge in [-0.15, -0.1) is 0 Å². The van der Waals surface area contributed by atoms with Gasteiger partial charge in [-0.25, -0.2) is 0 Å². The molecule has 3 heteroatoms. The molecule has 2 aromatic carbocycles. The third-order valence-corrected chi connectivity index (χ3v) is 4.71. The fourth-order valence-electron chi connectivity index (χ4n) is 3.17. The number of aromatic hydroxyl groups is 1. The van der Waals surface area contributed by atoms with E-state index in [9.17, 15) is 9.90 Å². The Morgan fingerprint density at radius 1 is 0.880 bits per heavy atom. The predicted octanol–water partition coefficient (Wildman–Crippen LogP) is 5.81. The van der Waals surface area contributed by atoms with Crippen molar-refractivity contribution in [1.29, 1.82) is 0 Å². The van der Waals surface area contributed by atoms with Crippen LogP contribution < -0.4 is 5.32 Å². The van der Waals surface area contributed by atoms with Gasteiger partial charge >= 0.3 is 0 Å². The summed E-state index contributed by atoms with van der Waals surface area (Å²) in [4.78, 5) is 12.3. The van der Waals surface area contributed by atoms with Crippen LogP contribution in [0.25, 0.3) is 10.8 Å². The third kappa shape index (κ3) is 6.08. The molecule has 2 N–H and O–H groups in total. The van der Waals surface area contributed by atoms with Gasteiger partial charge < -0.3 is 10.4 Å². The van der Waals surface area contributed by atoms with E-state index in [4.69, 9.17) is 0 Å². The van der Waals surface area contributed by atoms with Gasteiger partial charge in [0.15, 0.2) is 0 Å². The molecule has 2 rings (SSSR count). The highest BCUT2D eigenvalue weighted by atomic mass is 16.3. The Bertz CT molecular complexity index is 666. The van der Waals surface area contributed by atoms with Crippen molar-refractivity contribution >= 4 is 16.7 Å². The molecule has 0 aliphatic heterocycles. The number of unbranched alkanes of at least 4 members (excludes halogenated alkanes) is 8. The normalized spacial score (nSPS) is 10.9. The van der Waals surface area contributed by atoms with Crippen molar-refractivity contribution < 1.29 is 9.90 Å². The maximum absolute atomic E-state index is 12.3. The van der Waals surface area contributed by atoms with Crippen molar-refractivity contribution in [3.63, 3.8) is 0 Å². The summed E-state index contributed by atoms with van der Waals surface area (Å²) in [5, 5.41) is 14.9. The Kier molecular flexibility index (Phi) is 8.30. The van der Waals surface area contributed by atoms with Gasteiger partial charge in [0.2, 0.25) is 0 Å². The van der Waals surface area contributed by atoms with Crippen LogP contribution in [0.1, 0.15) is 75.1 Å². The van der Waals surface area contributed by atoms with Gasteiger partial charge in [-0.1, -0.05) is 88.6 Å². The first-order chi connectivity index (χ1) is 12.2. The summed E-state index contributed by atoms with van der Waals surface area (Å²) in [5.41, 5.74) is 0.356. The summed E-state index contributed by atoms with van der Waals surface area (Å²) in [6.07, 6.45) is 11.4. The van der Waals surface area contributed by atoms with E-state index in [1.165, 1.54) is 44.9 Å². The number of hydrogen-bond donors (Lipinski definition) is 2. The molecule has 0 saturated heterocycles. The molecule has 1 amide bonds. The number of carbonyl (C=O) groups is 1. The molecular weight excluding hydrogens is 310 g/mol. The summed E-state index contributed by atoms with van der Waals surface area (Å²) in [5.74, 6) is -0.120. The highest BCUT2D eigenvalue weighted by Crippen LogP contribution is 2.28. The molecule has 0 fully saturated rings. The van der Waals surface area contributed by atoms with E-state index in [2.05, 4.69) is 12.2 Å². The number of fused-ring (bicyclic) bond motifs is 1. The topological polar surface area (TPSA) is 49.3 Å². The number of carbonyl (C=O) groups excluding carboxylic acids is 1. The van der Waals surface area contributed by atoms with Crippen LogP contribution in [-0.4, -0.2) is 17.6 Å². The Labute approximate surface area is 151 Å². The monoisotopic (exact) mass is 341 g/mol. The molecule has 0 radical (unpaired) electrons.